The van der Waals surface area contributed by atoms with E-state index < -0.39 is 6.03 Å². The van der Waals surface area contributed by atoms with Gasteiger partial charge in [0, 0.05) is 10.9 Å². The Morgan fingerprint density at radius 1 is 1.03 bits per heavy atom. The number of hydrazone groups is 1. The van der Waals surface area contributed by atoms with Crippen molar-refractivity contribution in [3.63, 3.8) is 0 Å². The fourth-order valence-electron chi connectivity index (χ4n) is 3.18. The third kappa shape index (κ3) is 4.22. The van der Waals surface area contributed by atoms with Gasteiger partial charge >= 0.3 is 6.03 Å². The third-order valence-corrected chi connectivity index (χ3v) is 5.51. The molecule has 8 nitrogen and oxygen atoms in total. The van der Waals surface area contributed by atoms with Gasteiger partial charge in [-0.1, -0.05) is 41.7 Å². The quantitative estimate of drug-likeness (QED) is 0.339. The molecule has 0 aliphatic carbocycles. The minimum atomic E-state index is -0.493. The molecule has 158 valence electrons. The summed E-state index contributed by atoms with van der Waals surface area (Å²) >= 11 is 1.40. The van der Waals surface area contributed by atoms with Crippen LogP contribution in [0.1, 0.15) is 5.56 Å². The fourth-order valence-corrected chi connectivity index (χ4v) is 4.06. The largest absolute Gasteiger partial charge is 0.493 e. The van der Waals surface area contributed by atoms with E-state index in [0.717, 1.165) is 21.0 Å². The lowest BCUT2D eigenvalue weighted by Gasteiger charge is -2.12. The molecule has 2 N–H and O–H groups in total. The highest BCUT2D eigenvalue weighted by atomic mass is 32.1. The molecule has 0 atom stereocenters. The van der Waals surface area contributed by atoms with Crippen LogP contribution in [0, 0.1) is 0 Å². The van der Waals surface area contributed by atoms with Gasteiger partial charge in [0.25, 0.3) is 0 Å². The SMILES string of the molecule is COc1cc(/C=N/NC(=O)Nc2nc3c(ccc4ccccc43)s2)cc(OC)c1OC. The molecule has 1 heterocycles. The number of hydrogen-bond donors (Lipinski definition) is 2. The zero-order valence-corrected chi connectivity index (χ0v) is 17.9. The van der Waals surface area contributed by atoms with Crippen LogP contribution in [0.15, 0.2) is 53.6 Å². The van der Waals surface area contributed by atoms with Crippen molar-refractivity contribution >= 4 is 49.7 Å². The van der Waals surface area contributed by atoms with Gasteiger partial charge in [-0.3, -0.25) is 5.32 Å². The van der Waals surface area contributed by atoms with Crippen LogP contribution in [0.25, 0.3) is 21.0 Å². The molecular formula is C22H20N4O4S. The second-order valence-corrected chi connectivity index (χ2v) is 7.47. The smallest absolute Gasteiger partial charge is 0.341 e. The number of ether oxygens (including phenoxy) is 3. The molecule has 0 fully saturated rings. The number of nitrogens with zero attached hydrogens (tertiary/aromatic N) is 2. The zero-order chi connectivity index (χ0) is 21.8. The predicted molar refractivity (Wildman–Crippen MR) is 123 cm³/mol. The van der Waals surface area contributed by atoms with Crippen LogP contribution in [0.2, 0.25) is 0 Å². The lowest BCUT2D eigenvalue weighted by molar-refractivity contribution is 0.252. The van der Waals surface area contributed by atoms with E-state index in [2.05, 4.69) is 20.8 Å². The Morgan fingerprint density at radius 3 is 2.48 bits per heavy atom. The number of carbonyl (C=O) groups excluding carboxylic acids is 1. The molecule has 2 amide bonds. The lowest BCUT2D eigenvalue weighted by atomic mass is 10.1. The molecule has 0 radical (unpaired) electrons. The van der Waals surface area contributed by atoms with E-state index in [9.17, 15) is 4.79 Å². The standard InChI is InChI=1S/C22H20N4O4S/c1-28-16-10-13(11-17(29-2)20(16)30-3)12-23-26-21(27)25-22-24-19-15-7-5-4-6-14(15)8-9-18(19)31-22/h4-12H,1-3H3,(H2,24,25,26,27)/b23-12+. The molecule has 31 heavy (non-hydrogen) atoms. The minimum Gasteiger partial charge on any atom is -0.493 e. The van der Waals surface area contributed by atoms with Gasteiger partial charge in [-0.2, -0.15) is 5.10 Å². The van der Waals surface area contributed by atoms with Crippen LogP contribution in [-0.2, 0) is 0 Å². The summed E-state index contributed by atoms with van der Waals surface area (Å²) in [4.78, 5) is 16.8. The van der Waals surface area contributed by atoms with E-state index in [1.165, 1.54) is 38.9 Å². The molecule has 0 saturated carbocycles. The molecular weight excluding hydrogens is 416 g/mol. The number of rotatable bonds is 6. The Labute approximate surface area is 182 Å². The van der Waals surface area contributed by atoms with E-state index >= 15 is 0 Å². The van der Waals surface area contributed by atoms with Crippen molar-refractivity contribution in [1.82, 2.24) is 10.4 Å². The molecule has 4 rings (SSSR count). The van der Waals surface area contributed by atoms with Crippen molar-refractivity contribution in [1.29, 1.82) is 0 Å². The van der Waals surface area contributed by atoms with Gasteiger partial charge in [0.15, 0.2) is 16.6 Å². The maximum atomic E-state index is 12.3. The number of aromatic nitrogens is 1. The molecule has 0 aliphatic heterocycles. The first-order valence-corrected chi connectivity index (χ1v) is 10.1. The fraction of sp³-hybridized carbons (Fsp3) is 0.136. The van der Waals surface area contributed by atoms with Crippen molar-refractivity contribution < 1.29 is 19.0 Å². The van der Waals surface area contributed by atoms with E-state index in [1.807, 2.05) is 36.4 Å². The highest BCUT2D eigenvalue weighted by molar-refractivity contribution is 7.22. The molecule has 0 saturated heterocycles. The molecule has 4 aromatic rings. The second kappa shape index (κ2) is 8.88. The van der Waals surface area contributed by atoms with Gasteiger partial charge in [-0.25, -0.2) is 15.2 Å². The summed E-state index contributed by atoms with van der Waals surface area (Å²) in [6.45, 7) is 0. The van der Waals surface area contributed by atoms with E-state index in [4.69, 9.17) is 14.2 Å². The number of amides is 2. The maximum Gasteiger partial charge on any atom is 0.341 e. The molecule has 0 spiro atoms. The maximum absolute atomic E-state index is 12.3. The second-order valence-electron chi connectivity index (χ2n) is 6.44. The monoisotopic (exact) mass is 436 g/mol. The van der Waals surface area contributed by atoms with Crippen molar-refractivity contribution in [2.75, 3.05) is 26.6 Å². The van der Waals surface area contributed by atoms with Crippen molar-refractivity contribution in [3.8, 4) is 17.2 Å². The van der Waals surface area contributed by atoms with Crippen LogP contribution in [-0.4, -0.2) is 38.6 Å². The summed E-state index contributed by atoms with van der Waals surface area (Å²) < 4.78 is 16.9. The topological polar surface area (TPSA) is 94.1 Å². The van der Waals surface area contributed by atoms with Gasteiger partial charge in [-0.05, 0) is 23.6 Å². The number of thiazole rings is 1. The van der Waals surface area contributed by atoms with Crippen LogP contribution < -0.4 is 25.0 Å². The van der Waals surface area contributed by atoms with Gasteiger partial charge in [-0.15, -0.1) is 0 Å². The average Bonchev–Trinajstić information content (AvgIpc) is 3.21. The summed E-state index contributed by atoms with van der Waals surface area (Å²) in [7, 11) is 4.60. The Morgan fingerprint density at radius 2 is 1.77 bits per heavy atom. The van der Waals surface area contributed by atoms with Gasteiger partial charge < -0.3 is 14.2 Å². The van der Waals surface area contributed by atoms with Crippen LogP contribution >= 0.6 is 11.3 Å². The molecule has 3 aromatic carbocycles. The highest BCUT2D eigenvalue weighted by Crippen LogP contribution is 2.37. The Balaban J connectivity index is 1.47. The van der Waals surface area contributed by atoms with Gasteiger partial charge in [0.05, 0.1) is 37.8 Å². The number of carbonyl (C=O) groups is 1. The van der Waals surface area contributed by atoms with Crippen molar-refractivity contribution in [2.24, 2.45) is 5.10 Å². The van der Waals surface area contributed by atoms with Gasteiger partial charge in [0.1, 0.15) is 0 Å². The lowest BCUT2D eigenvalue weighted by Crippen LogP contribution is -2.24. The third-order valence-electron chi connectivity index (χ3n) is 4.57. The number of fused-ring (bicyclic) bond motifs is 3. The number of urea groups is 1. The van der Waals surface area contributed by atoms with E-state index in [0.29, 0.717) is 27.9 Å². The van der Waals surface area contributed by atoms with Crippen LogP contribution in [0.3, 0.4) is 0 Å². The first kappa shape index (κ1) is 20.4. The summed E-state index contributed by atoms with van der Waals surface area (Å²) in [5.41, 5.74) is 3.97. The normalized spacial score (nSPS) is 11.1. The molecule has 0 unspecified atom stereocenters. The van der Waals surface area contributed by atoms with E-state index in [1.54, 1.807) is 12.1 Å². The summed E-state index contributed by atoms with van der Waals surface area (Å²) in [6.07, 6.45) is 1.48. The Kier molecular flexibility index (Phi) is 5.85. The number of methoxy groups -OCH3 is 3. The van der Waals surface area contributed by atoms with Crippen LogP contribution in [0.4, 0.5) is 9.93 Å². The molecule has 0 aliphatic rings. The Hall–Kier alpha value is -3.85. The first-order valence-electron chi connectivity index (χ1n) is 9.31. The predicted octanol–water partition coefficient (Wildman–Crippen LogP) is 4.63. The van der Waals surface area contributed by atoms with Crippen molar-refractivity contribution in [2.45, 2.75) is 0 Å². The average molecular weight is 436 g/mol. The summed E-state index contributed by atoms with van der Waals surface area (Å²) in [5.74, 6) is 1.47. The Bertz CT molecular complexity index is 1260. The van der Waals surface area contributed by atoms with Crippen LogP contribution in [0.5, 0.6) is 17.2 Å². The molecule has 1 aromatic heterocycles. The first-order chi connectivity index (χ1) is 15.1. The molecule has 9 heteroatoms. The highest BCUT2D eigenvalue weighted by Gasteiger charge is 2.13. The molecule has 0 bridgehead atoms. The van der Waals surface area contributed by atoms with Crippen molar-refractivity contribution in [3.05, 3.63) is 54.1 Å². The van der Waals surface area contributed by atoms with E-state index in [-0.39, 0.29) is 0 Å². The summed E-state index contributed by atoms with van der Waals surface area (Å²) in [5, 5.41) is 9.35. The number of benzene rings is 3. The minimum absolute atomic E-state index is 0.483. The van der Waals surface area contributed by atoms with Gasteiger partial charge in [0.2, 0.25) is 5.75 Å². The number of nitrogens with one attached hydrogen (secondary N) is 2. The zero-order valence-electron chi connectivity index (χ0n) is 17.1. The number of anilines is 1. The summed E-state index contributed by atoms with van der Waals surface area (Å²) in [6, 6.07) is 15.0. The number of hydrogen-bond acceptors (Lipinski definition) is 7.